The molecule has 0 saturated carbocycles. The van der Waals surface area contributed by atoms with Gasteiger partial charge in [-0.1, -0.05) is 20.8 Å². The van der Waals surface area contributed by atoms with E-state index in [-0.39, 0.29) is 18.2 Å². The molecule has 1 unspecified atom stereocenters. The van der Waals surface area contributed by atoms with Gasteiger partial charge in [-0.2, -0.15) is 0 Å². The van der Waals surface area contributed by atoms with E-state index in [2.05, 4.69) is 10.6 Å². The molecule has 0 rings (SSSR count). The lowest BCUT2D eigenvalue weighted by Gasteiger charge is -2.11. The minimum atomic E-state index is -0.830. The molecule has 0 aromatic rings. The van der Waals surface area contributed by atoms with Gasteiger partial charge in [0.25, 0.3) is 0 Å². The highest BCUT2D eigenvalue weighted by atomic mass is 16.4. The van der Waals surface area contributed by atoms with Gasteiger partial charge in [0, 0.05) is 32.0 Å². The van der Waals surface area contributed by atoms with Crippen LogP contribution in [0.25, 0.3) is 0 Å². The molecule has 5 heteroatoms. The van der Waals surface area contributed by atoms with Crippen LogP contribution >= 0.6 is 0 Å². The number of carbonyl (C=O) groups is 2. The number of nitrogens with one attached hydrogen (secondary N) is 2. The summed E-state index contributed by atoms with van der Waals surface area (Å²) in [4.78, 5) is 21.7. The summed E-state index contributed by atoms with van der Waals surface area (Å²) in [7, 11) is 0. The summed E-state index contributed by atoms with van der Waals surface area (Å²) >= 11 is 0. The lowest BCUT2D eigenvalue weighted by atomic mass is 10.1. The number of hydrogen-bond donors (Lipinski definition) is 3. The number of amides is 1. The molecule has 0 bridgehead atoms. The van der Waals surface area contributed by atoms with Crippen molar-refractivity contribution in [3.63, 3.8) is 0 Å². The Morgan fingerprint density at radius 2 is 1.88 bits per heavy atom. The molecule has 16 heavy (non-hydrogen) atoms. The minimum Gasteiger partial charge on any atom is -0.481 e. The Hall–Kier alpha value is -1.10. The highest BCUT2D eigenvalue weighted by molar-refractivity contribution is 5.76. The summed E-state index contributed by atoms with van der Waals surface area (Å²) in [6.07, 6.45) is 0.516. The van der Waals surface area contributed by atoms with Crippen molar-refractivity contribution in [3.8, 4) is 0 Å². The first-order chi connectivity index (χ1) is 7.41. The van der Waals surface area contributed by atoms with Crippen LogP contribution in [0.4, 0.5) is 0 Å². The van der Waals surface area contributed by atoms with Crippen molar-refractivity contribution < 1.29 is 14.7 Å². The van der Waals surface area contributed by atoms with Crippen LogP contribution in [0, 0.1) is 5.92 Å². The minimum absolute atomic E-state index is 0.0282. The Balaban J connectivity index is 3.53. The maximum atomic E-state index is 11.3. The summed E-state index contributed by atoms with van der Waals surface area (Å²) in [5.74, 6) is -0.895. The third-order valence-corrected chi connectivity index (χ3v) is 2.08. The smallest absolute Gasteiger partial charge is 0.303 e. The van der Waals surface area contributed by atoms with Gasteiger partial charge in [-0.05, 0) is 5.92 Å². The molecule has 0 aliphatic heterocycles. The molecule has 0 aliphatic carbocycles. The highest BCUT2D eigenvalue weighted by Crippen LogP contribution is 1.99. The zero-order chi connectivity index (χ0) is 12.6. The van der Waals surface area contributed by atoms with E-state index in [9.17, 15) is 9.59 Å². The lowest BCUT2D eigenvalue weighted by molar-refractivity contribution is -0.138. The quantitative estimate of drug-likeness (QED) is 0.570. The van der Waals surface area contributed by atoms with Crippen LogP contribution < -0.4 is 10.6 Å². The maximum Gasteiger partial charge on any atom is 0.303 e. The molecule has 1 atom stereocenters. The van der Waals surface area contributed by atoms with Crippen molar-refractivity contribution in [1.29, 1.82) is 0 Å². The molecule has 0 aromatic carbocycles. The predicted molar refractivity (Wildman–Crippen MR) is 62.2 cm³/mol. The molecule has 0 heterocycles. The standard InChI is InChI=1S/C11H22N2O3/c1-8(2)12-5-4-10(14)13-7-9(3)6-11(15)16/h8-9,12H,4-7H2,1-3H3,(H,13,14)(H,15,16). The van der Waals surface area contributed by atoms with Gasteiger partial charge in [-0.3, -0.25) is 9.59 Å². The van der Waals surface area contributed by atoms with Gasteiger partial charge in [0.2, 0.25) is 5.91 Å². The summed E-state index contributed by atoms with van der Waals surface area (Å²) in [5, 5.41) is 14.4. The first-order valence-electron chi connectivity index (χ1n) is 5.63. The first-order valence-corrected chi connectivity index (χ1v) is 5.63. The van der Waals surface area contributed by atoms with E-state index >= 15 is 0 Å². The Labute approximate surface area is 96.6 Å². The van der Waals surface area contributed by atoms with Gasteiger partial charge in [-0.25, -0.2) is 0 Å². The largest absolute Gasteiger partial charge is 0.481 e. The molecule has 0 saturated heterocycles. The summed E-state index contributed by atoms with van der Waals surface area (Å²) < 4.78 is 0. The Morgan fingerprint density at radius 1 is 1.25 bits per heavy atom. The third kappa shape index (κ3) is 9.45. The number of carbonyl (C=O) groups excluding carboxylic acids is 1. The second-order valence-corrected chi connectivity index (χ2v) is 4.37. The van der Waals surface area contributed by atoms with Crippen LogP contribution in [-0.4, -0.2) is 36.1 Å². The molecule has 0 aromatic heterocycles. The van der Waals surface area contributed by atoms with E-state index in [1.165, 1.54) is 0 Å². The fraction of sp³-hybridized carbons (Fsp3) is 0.818. The van der Waals surface area contributed by atoms with Crippen molar-refractivity contribution in [2.45, 2.75) is 39.7 Å². The number of carboxylic acid groups (broad SMARTS) is 1. The Bertz CT molecular complexity index is 229. The molecule has 0 radical (unpaired) electrons. The van der Waals surface area contributed by atoms with Crippen molar-refractivity contribution in [1.82, 2.24) is 10.6 Å². The molecule has 0 spiro atoms. The summed E-state index contributed by atoms with van der Waals surface area (Å²) in [6, 6.07) is 0.374. The fourth-order valence-electron chi connectivity index (χ4n) is 1.22. The van der Waals surface area contributed by atoms with E-state index in [4.69, 9.17) is 5.11 Å². The van der Waals surface area contributed by atoms with Crippen LogP contribution in [0.2, 0.25) is 0 Å². The molecular formula is C11H22N2O3. The summed E-state index contributed by atoms with van der Waals surface area (Å²) in [5.41, 5.74) is 0. The predicted octanol–water partition coefficient (Wildman–Crippen LogP) is 0.601. The number of carboxylic acids is 1. The van der Waals surface area contributed by atoms with Crippen molar-refractivity contribution >= 4 is 11.9 Å². The van der Waals surface area contributed by atoms with Gasteiger partial charge in [0.1, 0.15) is 0 Å². The Kier molecular flexibility index (Phi) is 7.54. The zero-order valence-corrected chi connectivity index (χ0v) is 10.2. The van der Waals surface area contributed by atoms with E-state index < -0.39 is 5.97 Å². The fourth-order valence-corrected chi connectivity index (χ4v) is 1.22. The van der Waals surface area contributed by atoms with Crippen molar-refractivity contribution in [2.75, 3.05) is 13.1 Å². The van der Waals surface area contributed by atoms with Crippen molar-refractivity contribution in [3.05, 3.63) is 0 Å². The molecule has 3 N–H and O–H groups in total. The zero-order valence-electron chi connectivity index (χ0n) is 10.2. The molecule has 1 amide bonds. The van der Waals surface area contributed by atoms with Crippen LogP contribution in [0.15, 0.2) is 0 Å². The molecule has 0 aliphatic rings. The van der Waals surface area contributed by atoms with Gasteiger partial charge in [0.05, 0.1) is 0 Å². The monoisotopic (exact) mass is 230 g/mol. The van der Waals surface area contributed by atoms with Gasteiger partial charge in [-0.15, -0.1) is 0 Å². The van der Waals surface area contributed by atoms with Gasteiger partial charge < -0.3 is 15.7 Å². The molecule has 5 nitrogen and oxygen atoms in total. The van der Waals surface area contributed by atoms with E-state index in [0.29, 0.717) is 25.6 Å². The molecule has 0 fully saturated rings. The topological polar surface area (TPSA) is 78.4 Å². The number of hydrogen-bond acceptors (Lipinski definition) is 3. The van der Waals surface area contributed by atoms with Crippen LogP contribution in [0.3, 0.4) is 0 Å². The SMILES string of the molecule is CC(CNC(=O)CCNC(C)C)CC(=O)O. The highest BCUT2D eigenvalue weighted by Gasteiger charge is 2.09. The number of rotatable bonds is 8. The molecular weight excluding hydrogens is 208 g/mol. The van der Waals surface area contributed by atoms with Crippen LogP contribution in [0.1, 0.15) is 33.6 Å². The normalized spacial score (nSPS) is 12.5. The lowest BCUT2D eigenvalue weighted by Crippen LogP contribution is -2.33. The average Bonchev–Trinajstić information content (AvgIpc) is 2.13. The van der Waals surface area contributed by atoms with Gasteiger partial charge in [0.15, 0.2) is 0 Å². The second-order valence-electron chi connectivity index (χ2n) is 4.37. The Morgan fingerprint density at radius 3 is 2.38 bits per heavy atom. The number of aliphatic carboxylic acids is 1. The summed E-state index contributed by atoms with van der Waals surface area (Å²) in [6.45, 7) is 6.92. The van der Waals surface area contributed by atoms with Crippen molar-refractivity contribution in [2.24, 2.45) is 5.92 Å². The maximum absolute atomic E-state index is 11.3. The second kappa shape index (κ2) is 8.10. The van der Waals surface area contributed by atoms with Gasteiger partial charge >= 0.3 is 5.97 Å². The van der Waals surface area contributed by atoms with E-state index in [1.807, 2.05) is 13.8 Å². The third-order valence-electron chi connectivity index (χ3n) is 2.08. The first kappa shape index (κ1) is 14.9. The average molecular weight is 230 g/mol. The molecule has 94 valence electrons. The van der Waals surface area contributed by atoms with Crippen LogP contribution in [-0.2, 0) is 9.59 Å². The van der Waals surface area contributed by atoms with E-state index in [1.54, 1.807) is 6.92 Å². The van der Waals surface area contributed by atoms with E-state index in [0.717, 1.165) is 0 Å². The van der Waals surface area contributed by atoms with Crippen LogP contribution in [0.5, 0.6) is 0 Å².